The Morgan fingerprint density at radius 1 is 1.30 bits per heavy atom. The lowest BCUT2D eigenvalue weighted by Gasteiger charge is -2.11. The molecule has 0 saturated heterocycles. The molecule has 0 aliphatic carbocycles. The van der Waals surface area contributed by atoms with Gasteiger partial charge in [0.15, 0.2) is 0 Å². The highest BCUT2D eigenvalue weighted by molar-refractivity contribution is 6.31. The van der Waals surface area contributed by atoms with Gasteiger partial charge in [-0.25, -0.2) is 0 Å². The van der Waals surface area contributed by atoms with Gasteiger partial charge in [0.2, 0.25) is 0 Å². The second-order valence-corrected chi connectivity index (χ2v) is 5.13. The summed E-state index contributed by atoms with van der Waals surface area (Å²) in [4.78, 5) is 4.36. The molecule has 2 aromatic rings. The summed E-state index contributed by atoms with van der Waals surface area (Å²) in [6.45, 7) is 6.93. The molecule has 108 valence electrons. The number of halogens is 2. The summed E-state index contributed by atoms with van der Waals surface area (Å²) in [5.74, 6) is 1.000. The maximum atomic E-state index is 6.25. The minimum absolute atomic E-state index is 0.316. The van der Waals surface area contributed by atoms with E-state index in [2.05, 4.69) is 10.1 Å². The average Bonchev–Trinajstić information content (AvgIpc) is 2.72. The maximum absolute atomic E-state index is 6.25. The molecular formula is C14H17Cl2N3O. The highest BCUT2D eigenvalue weighted by atomic mass is 35.5. The third-order valence-corrected chi connectivity index (χ3v) is 3.76. The molecule has 2 heterocycles. The lowest BCUT2D eigenvalue weighted by atomic mass is 10.3. The molecule has 0 saturated carbocycles. The fourth-order valence-corrected chi connectivity index (χ4v) is 2.36. The molecule has 4 nitrogen and oxygen atoms in total. The fraction of sp³-hybridized carbons (Fsp3) is 0.429. The standard InChI is InChI=1S/C14H17Cl2N3O/c1-4-19-12(14(16)10(3)18-19)8-20-13-6-5-9(2)17-11(13)7-15/h5-6H,4,7-8H2,1-3H3. The van der Waals surface area contributed by atoms with Gasteiger partial charge in [0.05, 0.1) is 28.0 Å². The van der Waals surface area contributed by atoms with Crippen LogP contribution in [0, 0.1) is 13.8 Å². The Labute approximate surface area is 128 Å². The van der Waals surface area contributed by atoms with E-state index in [9.17, 15) is 0 Å². The number of ether oxygens (including phenoxy) is 1. The molecule has 0 fully saturated rings. The summed E-state index contributed by atoms with van der Waals surface area (Å²) < 4.78 is 7.66. The smallest absolute Gasteiger partial charge is 0.142 e. The van der Waals surface area contributed by atoms with Crippen molar-refractivity contribution in [2.24, 2.45) is 0 Å². The van der Waals surface area contributed by atoms with Crippen molar-refractivity contribution in [1.82, 2.24) is 14.8 Å². The maximum Gasteiger partial charge on any atom is 0.142 e. The Morgan fingerprint density at radius 2 is 2.05 bits per heavy atom. The van der Waals surface area contributed by atoms with Crippen LogP contribution in [-0.2, 0) is 19.0 Å². The van der Waals surface area contributed by atoms with E-state index in [0.29, 0.717) is 23.3 Å². The van der Waals surface area contributed by atoms with Crippen LogP contribution < -0.4 is 4.74 Å². The molecular weight excluding hydrogens is 297 g/mol. The largest absolute Gasteiger partial charge is 0.485 e. The molecule has 0 unspecified atom stereocenters. The number of hydrogen-bond acceptors (Lipinski definition) is 3. The van der Waals surface area contributed by atoms with E-state index in [-0.39, 0.29) is 0 Å². The van der Waals surface area contributed by atoms with E-state index in [1.165, 1.54) is 0 Å². The third-order valence-electron chi connectivity index (χ3n) is 3.02. The van der Waals surface area contributed by atoms with Gasteiger partial charge >= 0.3 is 0 Å². The fourth-order valence-electron chi connectivity index (χ4n) is 1.98. The number of alkyl halides is 1. The number of nitrogens with zero attached hydrogens (tertiary/aromatic N) is 3. The summed E-state index contributed by atoms with van der Waals surface area (Å²) >= 11 is 12.1. The number of aromatic nitrogens is 3. The van der Waals surface area contributed by atoms with Crippen LogP contribution in [0.25, 0.3) is 0 Å². The summed E-state index contributed by atoms with van der Waals surface area (Å²) in [7, 11) is 0. The van der Waals surface area contributed by atoms with Crippen molar-refractivity contribution in [2.75, 3.05) is 0 Å². The normalized spacial score (nSPS) is 10.8. The molecule has 0 amide bonds. The first-order valence-electron chi connectivity index (χ1n) is 6.43. The first kappa shape index (κ1) is 15.1. The van der Waals surface area contributed by atoms with E-state index in [1.807, 2.05) is 37.6 Å². The van der Waals surface area contributed by atoms with Crippen LogP contribution in [-0.4, -0.2) is 14.8 Å². The summed E-state index contributed by atoms with van der Waals surface area (Å²) in [5, 5.41) is 5.01. The topological polar surface area (TPSA) is 39.9 Å². The van der Waals surface area contributed by atoms with Crippen molar-refractivity contribution in [3.8, 4) is 5.75 Å². The predicted octanol–water partition coefficient (Wildman–Crippen LogP) is 3.89. The molecule has 0 atom stereocenters. The summed E-state index contributed by atoms with van der Waals surface area (Å²) in [5.41, 5.74) is 3.34. The highest BCUT2D eigenvalue weighted by Crippen LogP contribution is 2.24. The van der Waals surface area contributed by atoms with Crippen molar-refractivity contribution in [1.29, 1.82) is 0 Å². The molecule has 0 spiro atoms. The Morgan fingerprint density at radius 3 is 2.70 bits per heavy atom. The molecule has 20 heavy (non-hydrogen) atoms. The Hall–Kier alpha value is -1.26. The zero-order valence-electron chi connectivity index (χ0n) is 11.8. The minimum atomic E-state index is 0.316. The van der Waals surface area contributed by atoms with Crippen molar-refractivity contribution >= 4 is 23.2 Å². The van der Waals surface area contributed by atoms with E-state index in [1.54, 1.807) is 0 Å². The molecule has 6 heteroatoms. The summed E-state index contributed by atoms with van der Waals surface area (Å²) in [6.07, 6.45) is 0. The van der Waals surface area contributed by atoms with Crippen LogP contribution in [0.1, 0.15) is 29.7 Å². The second kappa shape index (κ2) is 6.46. The lowest BCUT2D eigenvalue weighted by molar-refractivity contribution is 0.289. The van der Waals surface area contributed by atoms with Gasteiger partial charge in [-0.2, -0.15) is 5.10 Å². The number of rotatable bonds is 5. The molecule has 0 N–H and O–H groups in total. The van der Waals surface area contributed by atoms with Crippen molar-refractivity contribution in [2.45, 2.75) is 39.8 Å². The lowest BCUT2D eigenvalue weighted by Crippen LogP contribution is -2.07. The Balaban J connectivity index is 2.21. The van der Waals surface area contributed by atoms with Gasteiger partial charge in [-0.1, -0.05) is 11.6 Å². The van der Waals surface area contributed by atoms with Crippen LogP contribution in [0.5, 0.6) is 5.75 Å². The highest BCUT2D eigenvalue weighted by Gasteiger charge is 2.14. The zero-order chi connectivity index (χ0) is 14.7. The minimum Gasteiger partial charge on any atom is -0.485 e. The van der Waals surface area contributed by atoms with Crippen LogP contribution in [0.15, 0.2) is 12.1 Å². The molecule has 2 aromatic heterocycles. The summed E-state index contributed by atoms with van der Waals surface area (Å²) in [6, 6.07) is 3.78. The first-order chi connectivity index (χ1) is 9.56. The van der Waals surface area contributed by atoms with Crippen LogP contribution in [0.2, 0.25) is 5.02 Å². The van der Waals surface area contributed by atoms with E-state index >= 15 is 0 Å². The predicted molar refractivity (Wildman–Crippen MR) is 80.5 cm³/mol. The monoisotopic (exact) mass is 313 g/mol. The van der Waals surface area contributed by atoms with E-state index in [4.69, 9.17) is 27.9 Å². The average molecular weight is 314 g/mol. The van der Waals surface area contributed by atoms with Gasteiger partial charge < -0.3 is 4.74 Å². The Bertz CT molecular complexity index is 611. The van der Waals surface area contributed by atoms with Gasteiger partial charge in [-0.3, -0.25) is 9.67 Å². The van der Waals surface area contributed by atoms with Crippen LogP contribution >= 0.6 is 23.2 Å². The van der Waals surface area contributed by atoms with Crippen molar-refractivity contribution in [3.05, 3.63) is 39.9 Å². The van der Waals surface area contributed by atoms with Gasteiger partial charge in [0.25, 0.3) is 0 Å². The van der Waals surface area contributed by atoms with Gasteiger partial charge in [-0.05, 0) is 32.9 Å². The molecule has 0 aromatic carbocycles. The van der Waals surface area contributed by atoms with Crippen LogP contribution in [0.3, 0.4) is 0 Å². The van der Waals surface area contributed by atoms with Gasteiger partial charge in [0.1, 0.15) is 12.4 Å². The zero-order valence-corrected chi connectivity index (χ0v) is 13.3. The number of pyridine rings is 1. The van der Waals surface area contributed by atoms with E-state index in [0.717, 1.165) is 29.3 Å². The quantitative estimate of drug-likeness (QED) is 0.786. The molecule has 0 aliphatic rings. The molecule has 0 radical (unpaired) electrons. The third kappa shape index (κ3) is 3.07. The number of hydrogen-bond donors (Lipinski definition) is 0. The molecule has 2 rings (SSSR count). The van der Waals surface area contributed by atoms with Gasteiger partial charge in [0, 0.05) is 12.2 Å². The van der Waals surface area contributed by atoms with Crippen molar-refractivity contribution < 1.29 is 4.74 Å². The van der Waals surface area contributed by atoms with Crippen LogP contribution in [0.4, 0.5) is 0 Å². The molecule has 0 aliphatic heterocycles. The van der Waals surface area contributed by atoms with Gasteiger partial charge in [-0.15, -0.1) is 11.6 Å². The Kier molecular flexibility index (Phi) is 4.89. The van der Waals surface area contributed by atoms with E-state index < -0.39 is 0 Å². The van der Waals surface area contributed by atoms with Crippen molar-refractivity contribution in [3.63, 3.8) is 0 Å². The second-order valence-electron chi connectivity index (χ2n) is 4.48. The number of aryl methyl sites for hydroxylation is 3. The molecule has 0 bridgehead atoms. The first-order valence-corrected chi connectivity index (χ1v) is 7.35. The SMILES string of the molecule is CCn1nc(C)c(Cl)c1COc1ccc(C)nc1CCl.